The molecule has 0 saturated heterocycles. The molecule has 1 heterocycles. The van der Waals surface area contributed by atoms with Crippen molar-refractivity contribution < 1.29 is 9.90 Å². The summed E-state index contributed by atoms with van der Waals surface area (Å²) in [6, 6.07) is 15.9. The van der Waals surface area contributed by atoms with Crippen molar-refractivity contribution in [3.05, 3.63) is 65.2 Å². The molecule has 0 aliphatic carbocycles. The lowest BCUT2D eigenvalue weighted by atomic mass is 9.99. The molecule has 0 aliphatic heterocycles. The maximum atomic E-state index is 11.1. The van der Waals surface area contributed by atoms with Gasteiger partial charge in [0, 0.05) is 23.6 Å². The van der Waals surface area contributed by atoms with Gasteiger partial charge in [0.2, 0.25) is 0 Å². The van der Waals surface area contributed by atoms with E-state index in [1.54, 1.807) is 11.9 Å². The summed E-state index contributed by atoms with van der Waals surface area (Å²) in [5.41, 5.74) is 5.81. The number of fused-ring (bicyclic) bond motifs is 1. The number of nitrogens with zero attached hydrogens (tertiary/aromatic N) is 2. The van der Waals surface area contributed by atoms with Crippen molar-refractivity contribution in [2.75, 3.05) is 13.6 Å². The zero-order valence-electron chi connectivity index (χ0n) is 15.0. The molecular weight excluding hydrogens is 344 g/mol. The third kappa shape index (κ3) is 3.44. The highest BCUT2D eigenvalue weighted by atomic mass is 32.1. The monoisotopic (exact) mass is 364 g/mol. The molecule has 0 spiro atoms. The Kier molecular flexibility index (Phi) is 5.00. The van der Waals surface area contributed by atoms with Crippen LogP contribution in [0.3, 0.4) is 0 Å². The van der Waals surface area contributed by atoms with Crippen LogP contribution in [-0.4, -0.2) is 39.5 Å². The Labute approximate surface area is 158 Å². The normalized spacial score (nSPS) is 10.7. The molecule has 0 atom stereocenters. The van der Waals surface area contributed by atoms with Crippen LogP contribution in [0.15, 0.2) is 48.5 Å². The van der Waals surface area contributed by atoms with Gasteiger partial charge < -0.3 is 10.0 Å². The summed E-state index contributed by atoms with van der Waals surface area (Å²) in [5, 5.41) is 10.0. The van der Waals surface area contributed by atoms with Crippen LogP contribution in [0.25, 0.3) is 22.2 Å². The van der Waals surface area contributed by atoms with E-state index in [-0.39, 0.29) is 6.54 Å². The quantitative estimate of drug-likeness (QED) is 0.703. The zero-order chi connectivity index (χ0) is 18.8. The van der Waals surface area contributed by atoms with E-state index in [0.717, 1.165) is 38.9 Å². The Hall–Kier alpha value is -2.79. The summed E-state index contributed by atoms with van der Waals surface area (Å²) < 4.78 is 0. The number of hydrogen-bond acceptors (Lipinski definition) is 3. The van der Waals surface area contributed by atoms with Crippen molar-refractivity contribution in [1.82, 2.24) is 9.88 Å². The Morgan fingerprint density at radius 1 is 1.15 bits per heavy atom. The second-order valence-electron chi connectivity index (χ2n) is 6.38. The summed E-state index contributed by atoms with van der Waals surface area (Å²) in [5.74, 6) is -0.913. The molecule has 132 valence electrons. The van der Waals surface area contributed by atoms with E-state index in [4.69, 9.17) is 22.3 Å². The molecule has 0 amide bonds. The molecule has 26 heavy (non-hydrogen) atoms. The molecule has 0 saturated carbocycles. The fraction of sp³-hybridized carbons (Fsp3) is 0.190. The number of carboxylic acids is 1. The number of pyridine rings is 1. The van der Waals surface area contributed by atoms with Crippen LogP contribution in [0.4, 0.5) is 0 Å². The number of rotatable bonds is 4. The maximum Gasteiger partial charge on any atom is 0.323 e. The molecule has 2 aromatic carbocycles. The van der Waals surface area contributed by atoms with E-state index in [2.05, 4.69) is 6.92 Å². The Balaban J connectivity index is 2.25. The van der Waals surface area contributed by atoms with E-state index in [0.29, 0.717) is 4.99 Å². The van der Waals surface area contributed by atoms with Gasteiger partial charge >= 0.3 is 5.97 Å². The molecule has 0 bridgehead atoms. The molecule has 0 aliphatic rings. The van der Waals surface area contributed by atoms with Crippen molar-refractivity contribution in [2.24, 2.45) is 0 Å². The summed E-state index contributed by atoms with van der Waals surface area (Å²) in [4.78, 5) is 18.0. The zero-order valence-corrected chi connectivity index (χ0v) is 15.8. The topological polar surface area (TPSA) is 53.4 Å². The van der Waals surface area contributed by atoms with Gasteiger partial charge in [0.15, 0.2) is 0 Å². The van der Waals surface area contributed by atoms with Crippen molar-refractivity contribution >= 4 is 34.1 Å². The smallest absolute Gasteiger partial charge is 0.323 e. The molecule has 3 aromatic rings. The minimum absolute atomic E-state index is 0.145. The van der Waals surface area contributed by atoms with Gasteiger partial charge in [-0.2, -0.15) is 0 Å². The van der Waals surface area contributed by atoms with Gasteiger partial charge in [0.25, 0.3) is 0 Å². The number of carboxylic acid groups (broad SMARTS) is 1. The van der Waals surface area contributed by atoms with Crippen molar-refractivity contribution in [2.45, 2.75) is 13.8 Å². The summed E-state index contributed by atoms with van der Waals surface area (Å²) >= 11 is 5.61. The van der Waals surface area contributed by atoms with E-state index in [1.165, 1.54) is 0 Å². The predicted octanol–water partition coefficient (Wildman–Crippen LogP) is 4.21. The van der Waals surface area contributed by atoms with Crippen LogP contribution >= 0.6 is 12.2 Å². The number of hydrogen-bond donors (Lipinski definition) is 1. The summed E-state index contributed by atoms with van der Waals surface area (Å²) in [6.07, 6.45) is 0. The standard InChI is InChI=1S/C21H20N2O2S/c1-13-9-10-16-17(21(26)23(3)12-19(24)25)11-18(22-20(16)14(13)2)15-7-5-4-6-8-15/h4-11H,12H2,1-3H3,(H,24,25). The minimum atomic E-state index is -0.913. The minimum Gasteiger partial charge on any atom is -0.480 e. The first-order chi connectivity index (χ1) is 12.4. The molecule has 0 unspecified atom stereocenters. The molecular formula is C21H20N2O2S. The van der Waals surface area contributed by atoms with Gasteiger partial charge in [-0.1, -0.05) is 54.7 Å². The van der Waals surface area contributed by atoms with Crippen LogP contribution in [0.1, 0.15) is 16.7 Å². The SMILES string of the molecule is Cc1ccc2c(C(=S)N(C)CC(=O)O)cc(-c3ccccc3)nc2c1C. The van der Waals surface area contributed by atoms with E-state index in [1.807, 2.05) is 55.5 Å². The number of aryl methyl sites for hydroxylation is 2. The first-order valence-electron chi connectivity index (χ1n) is 8.32. The fourth-order valence-corrected chi connectivity index (χ4v) is 3.18. The van der Waals surface area contributed by atoms with Crippen LogP contribution in [0, 0.1) is 13.8 Å². The van der Waals surface area contributed by atoms with Crippen molar-refractivity contribution in [3.8, 4) is 11.3 Å². The second kappa shape index (κ2) is 7.22. The maximum absolute atomic E-state index is 11.1. The third-order valence-corrected chi connectivity index (χ3v) is 5.06. The Morgan fingerprint density at radius 2 is 1.85 bits per heavy atom. The lowest BCUT2D eigenvalue weighted by Crippen LogP contribution is -2.31. The first-order valence-corrected chi connectivity index (χ1v) is 8.73. The highest BCUT2D eigenvalue weighted by Gasteiger charge is 2.17. The lowest BCUT2D eigenvalue weighted by molar-refractivity contribution is -0.137. The summed E-state index contributed by atoms with van der Waals surface area (Å²) in [6.45, 7) is 3.96. The first kappa shape index (κ1) is 18.0. The van der Waals surface area contributed by atoms with Crippen LogP contribution in [0.5, 0.6) is 0 Å². The van der Waals surface area contributed by atoms with Gasteiger partial charge in [-0.3, -0.25) is 4.79 Å². The number of benzene rings is 2. The van der Waals surface area contributed by atoms with Gasteiger partial charge in [0.1, 0.15) is 11.5 Å². The molecule has 0 radical (unpaired) electrons. The Morgan fingerprint density at radius 3 is 2.50 bits per heavy atom. The molecule has 1 aromatic heterocycles. The third-order valence-electron chi connectivity index (χ3n) is 4.52. The lowest BCUT2D eigenvalue weighted by Gasteiger charge is -2.20. The number of thiocarbonyl (C=S) groups is 1. The Bertz CT molecular complexity index is 1000. The molecule has 5 heteroatoms. The highest BCUT2D eigenvalue weighted by molar-refractivity contribution is 7.80. The molecule has 4 nitrogen and oxygen atoms in total. The average molecular weight is 364 g/mol. The van der Waals surface area contributed by atoms with Crippen molar-refractivity contribution in [3.63, 3.8) is 0 Å². The van der Waals surface area contributed by atoms with Gasteiger partial charge in [0.05, 0.1) is 11.2 Å². The average Bonchev–Trinajstić information content (AvgIpc) is 2.63. The van der Waals surface area contributed by atoms with Gasteiger partial charge in [-0.05, 0) is 31.0 Å². The van der Waals surface area contributed by atoms with Crippen LogP contribution in [0.2, 0.25) is 0 Å². The number of carbonyl (C=O) groups is 1. The summed E-state index contributed by atoms with van der Waals surface area (Å²) in [7, 11) is 1.70. The number of aromatic nitrogens is 1. The number of aliphatic carboxylic acids is 1. The molecule has 0 fully saturated rings. The number of likely N-dealkylation sites (N-methyl/N-ethyl adjacent to an activating group) is 1. The van der Waals surface area contributed by atoms with E-state index in [9.17, 15) is 4.79 Å². The fourth-order valence-electron chi connectivity index (χ4n) is 2.94. The largest absolute Gasteiger partial charge is 0.480 e. The van der Waals surface area contributed by atoms with E-state index < -0.39 is 5.97 Å². The highest BCUT2D eigenvalue weighted by Crippen LogP contribution is 2.29. The van der Waals surface area contributed by atoms with Gasteiger partial charge in [-0.25, -0.2) is 4.98 Å². The van der Waals surface area contributed by atoms with Crippen molar-refractivity contribution in [1.29, 1.82) is 0 Å². The van der Waals surface area contributed by atoms with E-state index >= 15 is 0 Å². The predicted molar refractivity (Wildman–Crippen MR) is 109 cm³/mol. The molecule has 1 N–H and O–H groups in total. The van der Waals surface area contributed by atoms with Crippen LogP contribution in [-0.2, 0) is 4.79 Å². The van der Waals surface area contributed by atoms with Crippen LogP contribution < -0.4 is 0 Å². The second-order valence-corrected chi connectivity index (χ2v) is 6.77. The van der Waals surface area contributed by atoms with Gasteiger partial charge in [-0.15, -0.1) is 0 Å². The molecule has 3 rings (SSSR count).